The van der Waals surface area contributed by atoms with Gasteiger partial charge in [0.25, 0.3) is 11.8 Å². The number of carbonyl (C=O) groups is 2. The van der Waals surface area contributed by atoms with Crippen molar-refractivity contribution in [1.29, 1.82) is 0 Å². The molecule has 2 aromatic heterocycles. The molecule has 14 heteroatoms. The second-order valence-corrected chi connectivity index (χ2v) is 10.4. The van der Waals surface area contributed by atoms with Crippen molar-refractivity contribution >= 4 is 35.1 Å². The van der Waals surface area contributed by atoms with E-state index in [9.17, 15) is 9.59 Å². The van der Waals surface area contributed by atoms with Crippen LogP contribution < -0.4 is 31.9 Å². The zero-order valence-corrected chi connectivity index (χ0v) is 25.7. The Labute approximate surface area is 267 Å². The van der Waals surface area contributed by atoms with Gasteiger partial charge in [0.2, 0.25) is 11.9 Å². The van der Waals surface area contributed by atoms with Crippen molar-refractivity contribution in [2.45, 2.75) is 12.2 Å². The minimum Gasteiger partial charge on any atom is -0.371 e. The zero-order chi connectivity index (χ0) is 32.1. The Hall–Kier alpha value is -5.02. The zero-order valence-electron chi connectivity index (χ0n) is 25.7. The lowest BCUT2D eigenvalue weighted by atomic mass is 10.1. The smallest absolute Gasteiger partial charge is 0.254 e. The number of ether oxygens (including phenoxy) is 2. The third kappa shape index (κ3) is 9.01. The van der Waals surface area contributed by atoms with E-state index in [-0.39, 0.29) is 24.0 Å². The van der Waals surface area contributed by atoms with E-state index in [1.165, 1.54) is 24.8 Å². The Balaban J connectivity index is 0.000000181. The standard InChI is InChI=1S/2C16H19N5O2/c2*1-17-15(22)12-8-19-16(20-9-12)21-13-4-2-11(3-5-13)14-10-18-6-7-23-14/h2*2-5,8-9,14,18H,6-7,10H2,1H3,(H,17,22)(H,19,20,21)/t2*14-/m10/s1. The maximum absolute atomic E-state index is 11.4. The first-order chi connectivity index (χ1) is 22.5. The van der Waals surface area contributed by atoms with Crippen molar-refractivity contribution in [1.82, 2.24) is 41.2 Å². The van der Waals surface area contributed by atoms with Crippen LogP contribution in [-0.4, -0.2) is 85.2 Å². The van der Waals surface area contributed by atoms with Crippen LogP contribution in [0.5, 0.6) is 0 Å². The van der Waals surface area contributed by atoms with Crippen LogP contribution in [0.3, 0.4) is 0 Å². The summed E-state index contributed by atoms with van der Waals surface area (Å²) in [5.41, 5.74) is 4.89. The SMILES string of the molecule is CNC(=O)c1cnc(Nc2ccc([C@@H]3CNCCO3)cc2)nc1.CNC(=O)c1cnc(Nc2ccc([C@H]3CNCCO3)cc2)nc1. The Morgan fingerprint density at radius 3 is 1.30 bits per heavy atom. The first-order valence-corrected chi connectivity index (χ1v) is 15.0. The second-order valence-electron chi connectivity index (χ2n) is 10.4. The van der Waals surface area contributed by atoms with Gasteiger partial charge in [-0.1, -0.05) is 24.3 Å². The van der Waals surface area contributed by atoms with Crippen molar-refractivity contribution in [3.05, 3.63) is 95.6 Å². The van der Waals surface area contributed by atoms with Gasteiger partial charge in [-0.25, -0.2) is 19.9 Å². The number of nitrogens with one attached hydrogen (secondary N) is 6. The molecule has 0 aliphatic carbocycles. The van der Waals surface area contributed by atoms with Gasteiger partial charge in [-0.15, -0.1) is 0 Å². The molecule has 4 heterocycles. The summed E-state index contributed by atoms with van der Waals surface area (Å²) in [4.78, 5) is 39.4. The van der Waals surface area contributed by atoms with E-state index >= 15 is 0 Å². The minimum atomic E-state index is -0.206. The van der Waals surface area contributed by atoms with E-state index < -0.39 is 0 Å². The number of anilines is 4. The van der Waals surface area contributed by atoms with E-state index in [1.807, 2.05) is 48.5 Å². The number of rotatable bonds is 8. The summed E-state index contributed by atoms with van der Waals surface area (Å²) in [7, 11) is 3.14. The third-order valence-corrected chi connectivity index (χ3v) is 7.21. The molecular formula is C32H38N10O4. The molecule has 0 saturated carbocycles. The number of hydrogen-bond acceptors (Lipinski definition) is 12. The van der Waals surface area contributed by atoms with Crippen molar-refractivity contribution in [2.24, 2.45) is 0 Å². The number of amides is 2. The Bertz CT molecular complexity index is 1420. The molecular weight excluding hydrogens is 588 g/mol. The average molecular weight is 627 g/mol. The Morgan fingerprint density at radius 2 is 1.00 bits per heavy atom. The van der Waals surface area contributed by atoms with Gasteiger partial charge in [0, 0.05) is 76.4 Å². The summed E-state index contributed by atoms with van der Waals surface area (Å²) in [6.07, 6.45) is 6.16. The Kier molecular flexibility index (Phi) is 11.5. The van der Waals surface area contributed by atoms with Gasteiger partial charge in [-0.2, -0.15) is 0 Å². The number of carbonyl (C=O) groups excluding carboxylic acids is 2. The van der Waals surface area contributed by atoms with Gasteiger partial charge in [-0.05, 0) is 35.4 Å². The molecule has 2 saturated heterocycles. The van der Waals surface area contributed by atoms with E-state index in [4.69, 9.17) is 9.47 Å². The van der Waals surface area contributed by atoms with Crippen molar-refractivity contribution < 1.29 is 19.1 Å². The normalized spacial score (nSPS) is 17.5. The third-order valence-electron chi connectivity index (χ3n) is 7.21. The van der Waals surface area contributed by atoms with Gasteiger partial charge >= 0.3 is 0 Å². The van der Waals surface area contributed by atoms with E-state index in [0.717, 1.165) is 61.9 Å². The maximum atomic E-state index is 11.4. The summed E-state index contributed by atoms with van der Waals surface area (Å²) >= 11 is 0. The lowest BCUT2D eigenvalue weighted by Gasteiger charge is -2.24. The number of hydrogen-bond donors (Lipinski definition) is 6. The van der Waals surface area contributed by atoms with Crippen molar-refractivity contribution in [3.8, 4) is 0 Å². The fraction of sp³-hybridized carbons (Fsp3) is 0.312. The molecule has 6 N–H and O–H groups in total. The molecule has 0 bridgehead atoms. The molecule has 14 nitrogen and oxygen atoms in total. The molecule has 0 radical (unpaired) electrons. The monoisotopic (exact) mass is 626 g/mol. The first-order valence-electron chi connectivity index (χ1n) is 15.0. The topological polar surface area (TPSA) is 176 Å². The lowest BCUT2D eigenvalue weighted by Crippen LogP contribution is -2.33. The lowest BCUT2D eigenvalue weighted by molar-refractivity contribution is 0.0276. The summed E-state index contributed by atoms with van der Waals surface area (Å²) in [6, 6.07) is 16.0. The number of morpholine rings is 2. The average Bonchev–Trinajstić information content (AvgIpc) is 3.13. The fourth-order valence-corrected chi connectivity index (χ4v) is 4.69. The highest BCUT2D eigenvalue weighted by Gasteiger charge is 2.16. The molecule has 46 heavy (non-hydrogen) atoms. The summed E-state index contributed by atoms with van der Waals surface area (Å²) < 4.78 is 11.4. The molecule has 0 unspecified atom stereocenters. The Morgan fingerprint density at radius 1 is 0.630 bits per heavy atom. The highest BCUT2D eigenvalue weighted by atomic mass is 16.5. The molecule has 2 amide bonds. The molecule has 2 fully saturated rings. The summed E-state index contributed by atoms with van der Waals surface area (Å²) in [5, 5.41) is 17.9. The van der Waals surface area contributed by atoms with Gasteiger partial charge in [0.1, 0.15) is 0 Å². The quantitative estimate of drug-likeness (QED) is 0.169. The van der Waals surface area contributed by atoms with Crippen molar-refractivity contribution in [3.63, 3.8) is 0 Å². The molecule has 2 aromatic carbocycles. The molecule has 2 aliphatic rings. The van der Waals surface area contributed by atoms with Gasteiger partial charge in [0.15, 0.2) is 0 Å². The van der Waals surface area contributed by atoms with Crippen molar-refractivity contribution in [2.75, 3.05) is 64.1 Å². The molecule has 0 spiro atoms. The molecule has 6 rings (SSSR count). The summed E-state index contributed by atoms with van der Waals surface area (Å²) in [5.74, 6) is 0.478. The number of benzene rings is 2. The molecule has 2 aliphatic heterocycles. The minimum absolute atomic E-state index is 0.0980. The van der Waals surface area contributed by atoms with Crippen LogP contribution >= 0.6 is 0 Å². The molecule has 4 aromatic rings. The van der Waals surface area contributed by atoms with Crippen LogP contribution in [0, 0.1) is 0 Å². The van der Waals surface area contributed by atoms with Crippen LogP contribution in [-0.2, 0) is 9.47 Å². The second kappa shape index (κ2) is 16.3. The highest BCUT2D eigenvalue weighted by Crippen LogP contribution is 2.23. The predicted molar refractivity (Wildman–Crippen MR) is 173 cm³/mol. The van der Waals surface area contributed by atoms with Gasteiger partial charge in [-0.3, -0.25) is 9.59 Å². The van der Waals surface area contributed by atoms with E-state index in [0.29, 0.717) is 23.0 Å². The number of nitrogens with zero attached hydrogens (tertiary/aromatic N) is 4. The highest BCUT2D eigenvalue weighted by molar-refractivity contribution is 5.93. The van der Waals surface area contributed by atoms with Crippen LogP contribution in [0.15, 0.2) is 73.3 Å². The molecule has 2 atom stereocenters. The largest absolute Gasteiger partial charge is 0.371 e. The van der Waals surface area contributed by atoms with Crippen LogP contribution in [0.4, 0.5) is 23.3 Å². The van der Waals surface area contributed by atoms with E-state index in [1.54, 1.807) is 14.1 Å². The predicted octanol–water partition coefficient (Wildman–Crippen LogP) is 2.48. The number of aromatic nitrogens is 4. The van der Waals surface area contributed by atoms with E-state index in [2.05, 4.69) is 51.8 Å². The fourth-order valence-electron chi connectivity index (χ4n) is 4.69. The van der Waals surface area contributed by atoms with Crippen LogP contribution in [0.25, 0.3) is 0 Å². The van der Waals surface area contributed by atoms with Crippen LogP contribution in [0.1, 0.15) is 44.1 Å². The maximum Gasteiger partial charge on any atom is 0.254 e. The van der Waals surface area contributed by atoms with Gasteiger partial charge in [0.05, 0.1) is 36.5 Å². The van der Waals surface area contributed by atoms with Gasteiger partial charge < -0.3 is 41.4 Å². The van der Waals surface area contributed by atoms with Crippen LogP contribution in [0.2, 0.25) is 0 Å². The molecule has 240 valence electrons. The first kappa shape index (κ1) is 32.4. The summed E-state index contributed by atoms with van der Waals surface area (Å²) in [6.45, 7) is 4.93.